The van der Waals surface area contributed by atoms with Gasteiger partial charge in [-0.3, -0.25) is 9.80 Å². The lowest BCUT2D eigenvalue weighted by atomic mass is 9.79. The molecule has 0 bridgehead atoms. The van der Waals surface area contributed by atoms with Gasteiger partial charge in [-0.1, -0.05) is 0 Å². The van der Waals surface area contributed by atoms with Gasteiger partial charge in [-0.2, -0.15) is 12.6 Å². The molecule has 0 spiro atoms. The molecular formula is C24H48N2S. The highest BCUT2D eigenvalue weighted by molar-refractivity contribution is 7.80. The Morgan fingerprint density at radius 3 is 1.41 bits per heavy atom. The molecule has 0 aliphatic carbocycles. The Kier molecular flexibility index (Phi) is 7.47. The topological polar surface area (TPSA) is 6.48 Å². The first-order valence-electron chi connectivity index (χ1n) is 11.5. The summed E-state index contributed by atoms with van der Waals surface area (Å²) in [6.07, 6.45) is 11.8. The first kappa shape index (κ1) is 23.5. The molecule has 2 aliphatic heterocycles. The number of nitrogens with zero attached hydrogens (tertiary/aromatic N) is 2. The molecule has 0 aromatic rings. The average Bonchev–Trinajstić information content (AvgIpc) is 2.47. The monoisotopic (exact) mass is 396 g/mol. The fourth-order valence-electron chi connectivity index (χ4n) is 6.20. The van der Waals surface area contributed by atoms with Crippen LogP contribution < -0.4 is 0 Å². The molecule has 2 aliphatic rings. The minimum atomic E-state index is 0.330. The maximum atomic E-state index is 4.98. The second-order valence-corrected chi connectivity index (χ2v) is 12.6. The van der Waals surface area contributed by atoms with Crippen LogP contribution >= 0.6 is 12.6 Å². The predicted octanol–water partition coefficient (Wildman–Crippen LogP) is 6.54. The minimum absolute atomic E-state index is 0.330. The summed E-state index contributed by atoms with van der Waals surface area (Å²) in [5.41, 5.74) is 1.35. The fraction of sp³-hybridized carbons (Fsp3) is 1.00. The highest BCUT2D eigenvalue weighted by atomic mass is 32.1. The Morgan fingerprint density at radius 1 is 0.630 bits per heavy atom. The van der Waals surface area contributed by atoms with Crippen LogP contribution in [0.3, 0.4) is 0 Å². The summed E-state index contributed by atoms with van der Waals surface area (Å²) in [6, 6.07) is 0. The predicted molar refractivity (Wildman–Crippen MR) is 124 cm³/mol. The van der Waals surface area contributed by atoms with Crippen molar-refractivity contribution in [1.82, 2.24) is 9.80 Å². The maximum absolute atomic E-state index is 4.98. The van der Waals surface area contributed by atoms with Crippen molar-refractivity contribution in [3.8, 4) is 0 Å². The number of rotatable bonds is 7. The number of thiol groups is 1. The van der Waals surface area contributed by atoms with Crippen molar-refractivity contribution in [3.63, 3.8) is 0 Å². The summed E-state index contributed by atoms with van der Waals surface area (Å²) in [5, 5.41) is 0.523. The molecule has 0 aromatic carbocycles. The SMILES string of the molecule is CC1(C)CCCC(C)(C)N1CCCC(S)CCN1C(C)(C)CCCC1(C)C. The van der Waals surface area contributed by atoms with Gasteiger partial charge >= 0.3 is 0 Å². The zero-order valence-electron chi connectivity index (χ0n) is 19.7. The summed E-state index contributed by atoms with van der Waals surface area (Å²) >= 11 is 4.98. The largest absolute Gasteiger partial charge is 0.293 e. The third-order valence-corrected chi connectivity index (χ3v) is 8.20. The van der Waals surface area contributed by atoms with Gasteiger partial charge in [0.1, 0.15) is 0 Å². The zero-order chi connectivity index (χ0) is 20.5. The lowest BCUT2D eigenvalue weighted by Gasteiger charge is -2.53. The second-order valence-electron chi connectivity index (χ2n) is 11.8. The van der Waals surface area contributed by atoms with E-state index in [0.29, 0.717) is 27.4 Å². The van der Waals surface area contributed by atoms with Crippen molar-refractivity contribution in [2.24, 2.45) is 0 Å². The van der Waals surface area contributed by atoms with Gasteiger partial charge in [0.25, 0.3) is 0 Å². The van der Waals surface area contributed by atoms with E-state index in [2.05, 4.69) is 65.2 Å². The summed E-state index contributed by atoms with van der Waals surface area (Å²) in [4.78, 5) is 5.55. The molecule has 3 heteroatoms. The summed E-state index contributed by atoms with van der Waals surface area (Å²) in [7, 11) is 0. The molecule has 2 nitrogen and oxygen atoms in total. The molecule has 2 saturated heterocycles. The van der Waals surface area contributed by atoms with Crippen molar-refractivity contribution in [2.75, 3.05) is 13.1 Å². The van der Waals surface area contributed by atoms with Gasteiger partial charge in [0.15, 0.2) is 0 Å². The molecule has 0 aromatic heterocycles. The molecule has 1 atom stereocenters. The molecule has 2 rings (SSSR count). The van der Waals surface area contributed by atoms with Gasteiger partial charge in [-0.05, 0) is 120 Å². The quantitative estimate of drug-likeness (QED) is 0.488. The standard InChI is InChI=1S/C24H48N2S/c1-21(2)14-10-15-22(3,4)25(21)18-9-12-20(27)13-19-26-23(5,6)16-11-17-24(26,7)8/h20,27H,9-19H2,1-8H3. The van der Waals surface area contributed by atoms with Crippen LogP contribution in [0.5, 0.6) is 0 Å². The first-order valence-corrected chi connectivity index (χ1v) is 12.0. The lowest BCUT2D eigenvalue weighted by Crippen LogP contribution is -2.59. The molecule has 160 valence electrons. The zero-order valence-corrected chi connectivity index (χ0v) is 20.6. The molecule has 2 heterocycles. The van der Waals surface area contributed by atoms with Gasteiger partial charge in [0.05, 0.1) is 0 Å². The third kappa shape index (κ3) is 5.89. The van der Waals surface area contributed by atoms with Crippen LogP contribution in [-0.4, -0.2) is 50.3 Å². The summed E-state index contributed by atoms with van der Waals surface area (Å²) in [5.74, 6) is 0. The first-order chi connectivity index (χ1) is 12.3. The van der Waals surface area contributed by atoms with Crippen LogP contribution in [0.15, 0.2) is 0 Å². The number of hydrogen-bond donors (Lipinski definition) is 1. The van der Waals surface area contributed by atoms with E-state index in [4.69, 9.17) is 12.6 Å². The van der Waals surface area contributed by atoms with Gasteiger partial charge < -0.3 is 0 Å². The Hall–Kier alpha value is 0.270. The van der Waals surface area contributed by atoms with E-state index in [1.807, 2.05) is 0 Å². The molecule has 1 unspecified atom stereocenters. The van der Waals surface area contributed by atoms with Crippen LogP contribution in [0, 0.1) is 0 Å². The van der Waals surface area contributed by atoms with E-state index in [1.54, 1.807) is 0 Å². The molecule has 0 saturated carbocycles. The summed E-state index contributed by atoms with van der Waals surface area (Å²) in [6.45, 7) is 21.9. The molecule has 2 fully saturated rings. The Bertz CT molecular complexity index is 449. The van der Waals surface area contributed by atoms with Crippen molar-refractivity contribution >= 4 is 12.6 Å². The minimum Gasteiger partial charge on any atom is -0.293 e. The van der Waals surface area contributed by atoms with Crippen LogP contribution in [0.4, 0.5) is 0 Å². The van der Waals surface area contributed by atoms with E-state index in [0.717, 1.165) is 0 Å². The van der Waals surface area contributed by atoms with E-state index >= 15 is 0 Å². The van der Waals surface area contributed by atoms with Crippen LogP contribution in [0.25, 0.3) is 0 Å². The van der Waals surface area contributed by atoms with Crippen LogP contribution in [-0.2, 0) is 0 Å². The number of hydrogen-bond acceptors (Lipinski definition) is 3. The average molecular weight is 397 g/mol. The molecule has 27 heavy (non-hydrogen) atoms. The van der Waals surface area contributed by atoms with Gasteiger partial charge in [-0.15, -0.1) is 0 Å². The van der Waals surface area contributed by atoms with E-state index in [1.165, 1.54) is 70.9 Å². The second kappa shape index (κ2) is 8.56. The molecular weight excluding hydrogens is 348 g/mol. The molecule has 0 radical (unpaired) electrons. The van der Waals surface area contributed by atoms with Gasteiger partial charge in [0, 0.05) is 34.0 Å². The van der Waals surface area contributed by atoms with Crippen molar-refractivity contribution in [1.29, 1.82) is 0 Å². The van der Waals surface area contributed by atoms with Crippen molar-refractivity contribution in [3.05, 3.63) is 0 Å². The molecule has 0 amide bonds. The van der Waals surface area contributed by atoms with Crippen LogP contribution in [0.2, 0.25) is 0 Å². The summed E-state index contributed by atoms with van der Waals surface area (Å²) < 4.78 is 0. The van der Waals surface area contributed by atoms with E-state index < -0.39 is 0 Å². The van der Waals surface area contributed by atoms with E-state index in [9.17, 15) is 0 Å². The smallest absolute Gasteiger partial charge is 0.0158 e. The normalized spacial score (nSPS) is 28.8. The third-order valence-electron chi connectivity index (χ3n) is 7.68. The molecule has 0 N–H and O–H groups in total. The van der Waals surface area contributed by atoms with Gasteiger partial charge in [0.2, 0.25) is 0 Å². The lowest BCUT2D eigenvalue weighted by molar-refractivity contribution is -0.0302. The highest BCUT2D eigenvalue weighted by Crippen LogP contribution is 2.39. The Labute approximate surface area is 176 Å². The van der Waals surface area contributed by atoms with Gasteiger partial charge in [-0.25, -0.2) is 0 Å². The maximum Gasteiger partial charge on any atom is 0.0158 e. The Morgan fingerprint density at radius 2 is 1.00 bits per heavy atom. The van der Waals surface area contributed by atoms with Crippen LogP contribution in [0.1, 0.15) is 113 Å². The van der Waals surface area contributed by atoms with E-state index in [-0.39, 0.29) is 0 Å². The number of likely N-dealkylation sites (tertiary alicyclic amines) is 2. The van der Waals surface area contributed by atoms with Crippen molar-refractivity contribution in [2.45, 2.75) is 141 Å². The van der Waals surface area contributed by atoms with Crippen molar-refractivity contribution < 1.29 is 0 Å². The fourth-order valence-corrected chi connectivity index (χ4v) is 6.50. The highest BCUT2D eigenvalue weighted by Gasteiger charge is 2.41. The Balaban J connectivity index is 1.81. The number of piperidine rings is 2.